The fourth-order valence-corrected chi connectivity index (χ4v) is 3.35. The minimum absolute atomic E-state index is 0.505. The summed E-state index contributed by atoms with van der Waals surface area (Å²) in [6.45, 7) is 3.84. The number of nitrogens with zero attached hydrogens (tertiary/aromatic N) is 2. The average Bonchev–Trinajstić information content (AvgIpc) is 3.16. The van der Waals surface area contributed by atoms with Gasteiger partial charge in [0.2, 0.25) is 0 Å². The summed E-state index contributed by atoms with van der Waals surface area (Å²) in [6.07, 6.45) is 7.34. The highest BCUT2D eigenvalue weighted by atomic mass is 16.5. The molecule has 1 unspecified atom stereocenters. The van der Waals surface area contributed by atoms with Crippen molar-refractivity contribution in [2.45, 2.75) is 31.1 Å². The normalized spacial score (nSPS) is 24.5. The maximum absolute atomic E-state index is 5.44. The lowest BCUT2D eigenvalue weighted by Crippen LogP contribution is -2.15. The van der Waals surface area contributed by atoms with Crippen LogP contribution >= 0.6 is 0 Å². The van der Waals surface area contributed by atoms with Gasteiger partial charge >= 0.3 is 0 Å². The van der Waals surface area contributed by atoms with E-state index in [4.69, 9.17) is 9.72 Å². The second-order valence-electron chi connectivity index (χ2n) is 5.81. The predicted octanol–water partition coefficient (Wildman–Crippen LogP) is 1.93. The third-order valence-corrected chi connectivity index (χ3v) is 4.57. The highest BCUT2D eigenvalue weighted by molar-refractivity contribution is 5.75. The third kappa shape index (κ3) is 2.11. The van der Waals surface area contributed by atoms with Crippen LogP contribution in [-0.2, 0) is 4.74 Å². The molecule has 2 fully saturated rings. The first-order chi connectivity index (χ1) is 9.92. The van der Waals surface area contributed by atoms with Crippen molar-refractivity contribution in [1.29, 1.82) is 0 Å². The Hall–Kier alpha value is -1.46. The number of hydrogen-bond acceptors (Lipinski definition) is 4. The van der Waals surface area contributed by atoms with E-state index in [1.54, 1.807) is 0 Å². The lowest BCUT2D eigenvalue weighted by molar-refractivity contribution is 0.0845. The van der Waals surface area contributed by atoms with Crippen LogP contribution in [0.2, 0.25) is 0 Å². The summed E-state index contributed by atoms with van der Waals surface area (Å²) in [5.74, 6) is 1.08. The Morgan fingerprint density at radius 1 is 1.15 bits per heavy atom. The quantitative estimate of drug-likeness (QED) is 0.877. The molecule has 4 rings (SSSR count). The van der Waals surface area contributed by atoms with Crippen molar-refractivity contribution < 1.29 is 4.74 Å². The maximum atomic E-state index is 5.44. The van der Waals surface area contributed by atoms with E-state index in [1.165, 1.54) is 12.0 Å². The lowest BCUT2D eigenvalue weighted by Gasteiger charge is -2.21. The Morgan fingerprint density at radius 3 is 2.85 bits per heavy atom. The van der Waals surface area contributed by atoms with Crippen LogP contribution in [0.4, 0.5) is 0 Å². The van der Waals surface area contributed by atoms with Gasteiger partial charge in [0.15, 0.2) is 5.65 Å². The summed E-state index contributed by atoms with van der Waals surface area (Å²) in [5.41, 5.74) is 4.45. The molecule has 5 heteroatoms. The van der Waals surface area contributed by atoms with Crippen LogP contribution in [0, 0.1) is 0 Å². The van der Waals surface area contributed by atoms with Crippen LogP contribution < -0.4 is 5.32 Å². The van der Waals surface area contributed by atoms with Crippen molar-refractivity contribution in [2.75, 3.05) is 26.3 Å². The molecule has 4 heterocycles. The molecule has 0 radical (unpaired) electrons. The molecule has 2 aliphatic rings. The maximum Gasteiger partial charge on any atom is 0.156 e. The van der Waals surface area contributed by atoms with Crippen molar-refractivity contribution in [3.05, 3.63) is 23.7 Å². The van der Waals surface area contributed by atoms with Crippen LogP contribution in [0.3, 0.4) is 0 Å². The second kappa shape index (κ2) is 5.14. The highest BCUT2D eigenvalue weighted by Crippen LogP contribution is 2.30. The van der Waals surface area contributed by atoms with Crippen molar-refractivity contribution in [3.63, 3.8) is 0 Å². The molecule has 0 amide bonds. The molecule has 2 saturated heterocycles. The van der Waals surface area contributed by atoms with E-state index in [-0.39, 0.29) is 0 Å². The molecular weight excluding hydrogens is 252 g/mol. The van der Waals surface area contributed by atoms with Crippen LogP contribution in [-0.4, -0.2) is 41.3 Å². The summed E-state index contributed by atoms with van der Waals surface area (Å²) >= 11 is 0. The Balaban J connectivity index is 1.71. The van der Waals surface area contributed by atoms with Gasteiger partial charge in [-0.25, -0.2) is 9.97 Å². The zero-order chi connectivity index (χ0) is 13.4. The zero-order valence-electron chi connectivity index (χ0n) is 11.6. The van der Waals surface area contributed by atoms with Crippen LogP contribution in [0.1, 0.15) is 42.4 Å². The molecule has 2 aliphatic heterocycles. The fraction of sp³-hybridized carbons (Fsp3) is 0.600. The standard InChI is InChI=1S/C15H20N4O/c1-4-16-7-11(1)12-8-17-15-14(12)19-13(9-18-15)10-2-5-20-6-3-10/h8-11,16H,1-7H2,(H,17,18). The minimum Gasteiger partial charge on any atom is -0.381 e. The van der Waals surface area contributed by atoms with E-state index in [9.17, 15) is 0 Å². The highest BCUT2D eigenvalue weighted by Gasteiger charge is 2.23. The van der Waals surface area contributed by atoms with Crippen LogP contribution in [0.25, 0.3) is 11.2 Å². The Morgan fingerprint density at radius 2 is 2.05 bits per heavy atom. The Kier molecular flexibility index (Phi) is 3.16. The first-order valence-electron chi connectivity index (χ1n) is 7.54. The summed E-state index contributed by atoms with van der Waals surface area (Å²) in [6, 6.07) is 0. The number of hydrogen-bond donors (Lipinski definition) is 2. The molecule has 5 nitrogen and oxygen atoms in total. The molecule has 0 bridgehead atoms. The van der Waals surface area contributed by atoms with E-state index in [0.29, 0.717) is 11.8 Å². The van der Waals surface area contributed by atoms with Crippen LogP contribution in [0.5, 0.6) is 0 Å². The molecule has 0 saturated carbocycles. The summed E-state index contributed by atoms with van der Waals surface area (Å²) in [5, 5.41) is 3.42. The van der Waals surface area contributed by atoms with Crippen LogP contribution in [0.15, 0.2) is 12.4 Å². The minimum atomic E-state index is 0.505. The summed E-state index contributed by atoms with van der Waals surface area (Å²) < 4.78 is 5.44. The number of ether oxygens (including phenoxy) is 1. The molecule has 106 valence electrons. The number of nitrogens with one attached hydrogen (secondary N) is 2. The Bertz CT molecular complexity index is 597. The van der Waals surface area contributed by atoms with E-state index < -0.39 is 0 Å². The first-order valence-corrected chi connectivity index (χ1v) is 7.54. The van der Waals surface area contributed by atoms with Gasteiger partial charge in [-0.1, -0.05) is 0 Å². The van der Waals surface area contributed by atoms with Gasteiger partial charge in [0.1, 0.15) is 5.52 Å². The molecule has 2 N–H and O–H groups in total. The van der Waals surface area contributed by atoms with Gasteiger partial charge in [-0.15, -0.1) is 0 Å². The molecule has 1 atom stereocenters. The largest absolute Gasteiger partial charge is 0.381 e. The molecule has 0 spiro atoms. The van der Waals surface area contributed by atoms with E-state index >= 15 is 0 Å². The van der Waals surface area contributed by atoms with Gasteiger partial charge in [0.05, 0.1) is 11.9 Å². The SMILES string of the molecule is c1nc2[nH]cc(C3CCNC3)c2nc1C1CCOCC1. The van der Waals surface area contributed by atoms with Crippen molar-refractivity contribution in [1.82, 2.24) is 20.3 Å². The van der Waals surface area contributed by atoms with Gasteiger partial charge in [-0.3, -0.25) is 0 Å². The molecule has 2 aromatic rings. The number of aromatic nitrogens is 3. The van der Waals surface area contributed by atoms with Gasteiger partial charge < -0.3 is 15.0 Å². The third-order valence-electron chi connectivity index (χ3n) is 4.57. The zero-order valence-corrected chi connectivity index (χ0v) is 11.6. The topological polar surface area (TPSA) is 62.8 Å². The molecule has 2 aromatic heterocycles. The number of rotatable bonds is 2. The van der Waals surface area contributed by atoms with Crippen molar-refractivity contribution in [3.8, 4) is 0 Å². The molecule has 20 heavy (non-hydrogen) atoms. The molecule has 0 aliphatic carbocycles. The average molecular weight is 272 g/mol. The number of H-pyrrole nitrogens is 1. The summed E-state index contributed by atoms with van der Waals surface area (Å²) in [4.78, 5) is 12.8. The van der Waals surface area contributed by atoms with E-state index in [1.807, 2.05) is 6.20 Å². The van der Waals surface area contributed by atoms with Gasteiger partial charge in [-0.05, 0) is 25.8 Å². The Labute approximate surface area is 118 Å². The number of aromatic amines is 1. The van der Waals surface area contributed by atoms with E-state index in [0.717, 1.165) is 56.0 Å². The van der Waals surface area contributed by atoms with E-state index in [2.05, 4.69) is 21.5 Å². The fourth-order valence-electron chi connectivity index (χ4n) is 3.35. The molecular formula is C15H20N4O. The van der Waals surface area contributed by atoms with Gasteiger partial charge in [0.25, 0.3) is 0 Å². The smallest absolute Gasteiger partial charge is 0.156 e. The van der Waals surface area contributed by atoms with Crippen molar-refractivity contribution in [2.24, 2.45) is 0 Å². The van der Waals surface area contributed by atoms with Gasteiger partial charge in [-0.2, -0.15) is 0 Å². The second-order valence-corrected chi connectivity index (χ2v) is 5.81. The lowest BCUT2D eigenvalue weighted by atomic mass is 9.96. The summed E-state index contributed by atoms with van der Waals surface area (Å²) in [7, 11) is 0. The van der Waals surface area contributed by atoms with Crippen molar-refractivity contribution >= 4 is 11.2 Å². The van der Waals surface area contributed by atoms with Gasteiger partial charge in [0, 0.05) is 43.4 Å². The first kappa shape index (κ1) is 12.3. The number of fused-ring (bicyclic) bond motifs is 1. The predicted molar refractivity (Wildman–Crippen MR) is 76.9 cm³/mol. The monoisotopic (exact) mass is 272 g/mol. The molecule has 0 aromatic carbocycles.